The molecule has 0 saturated carbocycles. The fourth-order valence-corrected chi connectivity index (χ4v) is 3.35. The first-order valence-corrected chi connectivity index (χ1v) is 9.29. The second-order valence-corrected chi connectivity index (χ2v) is 7.45. The van der Waals surface area contributed by atoms with E-state index >= 15 is 0 Å². The molecule has 3 aromatic rings. The van der Waals surface area contributed by atoms with Gasteiger partial charge >= 0.3 is 0 Å². The molecule has 0 aliphatic heterocycles. The first-order valence-electron chi connectivity index (χ1n) is 7.62. The van der Waals surface area contributed by atoms with E-state index in [1.54, 1.807) is 11.3 Å². The molecule has 0 amide bonds. The van der Waals surface area contributed by atoms with Crippen molar-refractivity contribution in [3.05, 3.63) is 69.0 Å². The molecule has 3 nitrogen and oxygen atoms in total. The van der Waals surface area contributed by atoms with Crippen LogP contribution in [-0.2, 0) is 0 Å². The lowest BCUT2D eigenvalue weighted by molar-refractivity contribution is 1.26. The number of anilines is 1. The maximum absolute atomic E-state index is 4.64. The molecule has 0 spiro atoms. The molecular formula is C19H18BrN3S. The predicted molar refractivity (Wildman–Crippen MR) is 107 cm³/mol. The van der Waals surface area contributed by atoms with Gasteiger partial charge < -0.3 is 0 Å². The van der Waals surface area contributed by atoms with Crippen molar-refractivity contribution in [2.45, 2.75) is 20.8 Å². The average molecular weight is 400 g/mol. The van der Waals surface area contributed by atoms with Crippen LogP contribution < -0.4 is 5.43 Å². The van der Waals surface area contributed by atoms with Crippen LogP contribution in [0, 0.1) is 13.8 Å². The van der Waals surface area contributed by atoms with Gasteiger partial charge in [-0.05, 0) is 44.0 Å². The Labute approximate surface area is 154 Å². The van der Waals surface area contributed by atoms with Crippen molar-refractivity contribution in [1.29, 1.82) is 0 Å². The number of hydrazone groups is 1. The van der Waals surface area contributed by atoms with Crippen LogP contribution in [0.15, 0.2) is 57.4 Å². The number of thiazole rings is 1. The summed E-state index contributed by atoms with van der Waals surface area (Å²) in [4.78, 5) is 4.64. The zero-order valence-corrected chi connectivity index (χ0v) is 16.2. The lowest BCUT2D eigenvalue weighted by Gasteiger charge is -2.03. The lowest BCUT2D eigenvalue weighted by Crippen LogP contribution is -1.99. The Balaban J connectivity index is 1.76. The van der Waals surface area contributed by atoms with Crippen LogP contribution in [0.3, 0.4) is 0 Å². The first kappa shape index (κ1) is 16.9. The van der Waals surface area contributed by atoms with Gasteiger partial charge in [0.15, 0.2) is 0 Å². The van der Waals surface area contributed by atoms with E-state index in [0.29, 0.717) is 0 Å². The summed E-state index contributed by atoms with van der Waals surface area (Å²) in [6.45, 7) is 6.20. The third-order valence-electron chi connectivity index (χ3n) is 3.74. The fourth-order valence-electron chi connectivity index (χ4n) is 2.44. The SMILES string of the molecule is C/C(=N/Nc1nc(-c2ccc(C)cc2C)cs1)c1ccc(Br)cc1. The molecule has 0 bridgehead atoms. The highest BCUT2D eigenvalue weighted by Gasteiger charge is 2.07. The summed E-state index contributed by atoms with van der Waals surface area (Å²) >= 11 is 5.00. The van der Waals surface area contributed by atoms with Gasteiger partial charge in [-0.15, -0.1) is 11.3 Å². The van der Waals surface area contributed by atoms with E-state index in [0.717, 1.165) is 26.6 Å². The van der Waals surface area contributed by atoms with E-state index in [-0.39, 0.29) is 0 Å². The quantitative estimate of drug-likeness (QED) is 0.429. The Bertz CT molecular complexity index is 882. The van der Waals surface area contributed by atoms with Crippen molar-refractivity contribution in [2.75, 3.05) is 5.43 Å². The molecule has 0 radical (unpaired) electrons. The van der Waals surface area contributed by atoms with E-state index in [2.05, 4.69) is 68.9 Å². The molecular weight excluding hydrogens is 382 g/mol. The van der Waals surface area contributed by atoms with Crippen LogP contribution in [0.5, 0.6) is 0 Å². The molecule has 0 aliphatic rings. The summed E-state index contributed by atoms with van der Waals surface area (Å²) in [5.74, 6) is 0. The smallest absolute Gasteiger partial charge is 0.203 e. The lowest BCUT2D eigenvalue weighted by atomic mass is 10.0. The molecule has 0 unspecified atom stereocenters. The number of aromatic nitrogens is 1. The Kier molecular flexibility index (Phi) is 5.11. The third kappa shape index (κ3) is 3.91. The normalized spacial score (nSPS) is 11.6. The summed E-state index contributed by atoms with van der Waals surface area (Å²) in [6, 6.07) is 14.5. The van der Waals surface area contributed by atoms with E-state index in [1.165, 1.54) is 16.7 Å². The molecule has 1 aromatic heterocycles. The van der Waals surface area contributed by atoms with Crippen LogP contribution in [0.1, 0.15) is 23.6 Å². The van der Waals surface area contributed by atoms with Crippen molar-refractivity contribution in [2.24, 2.45) is 5.10 Å². The molecule has 3 rings (SSSR count). The van der Waals surface area contributed by atoms with E-state index in [1.807, 2.05) is 31.2 Å². The van der Waals surface area contributed by atoms with Crippen molar-refractivity contribution in [1.82, 2.24) is 4.98 Å². The second kappa shape index (κ2) is 7.28. The van der Waals surface area contributed by atoms with Crippen molar-refractivity contribution >= 4 is 38.1 Å². The summed E-state index contributed by atoms with van der Waals surface area (Å²) in [5.41, 5.74) is 9.71. The molecule has 5 heteroatoms. The predicted octanol–water partition coefficient (Wildman–Crippen LogP) is 6.03. The molecule has 24 heavy (non-hydrogen) atoms. The number of aryl methyl sites for hydroxylation is 2. The number of halogens is 1. The maximum atomic E-state index is 4.64. The minimum absolute atomic E-state index is 0.793. The van der Waals surface area contributed by atoms with Crippen molar-refractivity contribution in [3.63, 3.8) is 0 Å². The summed E-state index contributed by atoms with van der Waals surface area (Å²) in [6.07, 6.45) is 0. The van der Waals surface area contributed by atoms with Gasteiger partial charge in [-0.3, -0.25) is 5.43 Å². The minimum atomic E-state index is 0.793. The molecule has 0 saturated heterocycles. The van der Waals surface area contributed by atoms with Crippen molar-refractivity contribution in [3.8, 4) is 11.3 Å². The van der Waals surface area contributed by atoms with E-state index in [9.17, 15) is 0 Å². The standard InChI is InChI=1S/C19H18BrN3S/c1-12-4-9-17(13(2)10-12)18-11-24-19(21-18)23-22-14(3)15-5-7-16(20)8-6-15/h4-11H,1-3H3,(H,21,23)/b22-14-. The molecule has 1 N–H and O–H groups in total. The highest BCUT2D eigenvalue weighted by molar-refractivity contribution is 9.10. The number of rotatable bonds is 4. The molecule has 1 heterocycles. The molecule has 0 aliphatic carbocycles. The maximum Gasteiger partial charge on any atom is 0.203 e. The largest absolute Gasteiger partial charge is 0.252 e. The summed E-state index contributed by atoms with van der Waals surface area (Å²) < 4.78 is 1.06. The van der Waals surface area contributed by atoms with Gasteiger partial charge in [-0.25, -0.2) is 4.98 Å². The van der Waals surface area contributed by atoms with Gasteiger partial charge in [0.1, 0.15) is 0 Å². The minimum Gasteiger partial charge on any atom is -0.252 e. The number of hydrogen-bond donors (Lipinski definition) is 1. The Hall–Kier alpha value is -1.98. The first-order chi connectivity index (χ1) is 11.5. The second-order valence-electron chi connectivity index (χ2n) is 5.67. The highest BCUT2D eigenvalue weighted by atomic mass is 79.9. The van der Waals surface area contributed by atoms with Gasteiger partial charge in [0, 0.05) is 15.4 Å². The summed E-state index contributed by atoms with van der Waals surface area (Å²) in [7, 11) is 0. The zero-order chi connectivity index (χ0) is 17.1. The Morgan fingerprint density at radius 2 is 1.88 bits per heavy atom. The summed E-state index contributed by atoms with van der Waals surface area (Å²) in [5, 5.41) is 7.29. The monoisotopic (exact) mass is 399 g/mol. The Morgan fingerprint density at radius 1 is 1.12 bits per heavy atom. The number of benzene rings is 2. The zero-order valence-electron chi connectivity index (χ0n) is 13.8. The van der Waals surface area contributed by atoms with Crippen LogP contribution in [0.2, 0.25) is 0 Å². The number of hydrogen-bond acceptors (Lipinski definition) is 4. The van der Waals surface area contributed by atoms with Gasteiger partial charge in [0.05, 0.1) is 11.4 Å². The third-order valence-corrected chi connectivity index (χ3v) is 5.02. The van der Waals surface area contributed by atoms with Crippen LogP contribution in [-0.4, -0.2) is 10.7 Å². The average Bonchev–Trinajstić information content (AvgIpc) is 3.02. The fraction of sp³-hybridized carbons (Fsp3) is 0.158. The topological polar surface area (TPSA) is 37.3 Å². The van der Waals surface area contributed by atoms with Gasteiger partial charge in [-0.1, -0.05) is 51.8 Å². The van der Waals surface area contributed by atoms with Gasteiger partial charge in [-0.2, -0.15) is 5.10 Å². The van der Waals surface area contributed by atoms with Crippen LogP contribution in [0.4, 0.5) is 5.13 Å². The molecule has 0 atom stereocenters. The van der Waals surface area contributed by atoms with Crippen LogP contribution >= 0.6 is 27.3 Å². The van der Waals surface area contributed by atoms with Gasteiger partial charge in [0.2, 0.25) is 5.13 Å². The highest BCUT2D eigenvalue weighted by Crippen LogP contribution is 2.28. The van der Waals surface area contributed by atoms with Gasteiger partial charge in [0.25, 0.3) is 0 Å². The number of nitrogens with one attached hydrogen (secondary N) is 1. The molecule has 2 aromatic carbocycles. The molecule has 122 valence electrons. The number of nitrogens with zero attached hydrogens (tertiary/aromatic N) is 2. The van der Waals surface area contributed by atoms with E-state index in [4.69, 9.17) is 0 Å². The Morgan fingerprint density at radius 3 is 2.58 bits per heavy atom. The van der Waals surface area contributed by atoms with Crippen molar-refractivity contribution < 1.29 is 0 Å². The molecule has 0 fully saturated rings. The van der Waals surface area contributed by atoms with E-state index < -0.39 is 0 Å². The van der Waals surface area contributed by atoms with Crippen LogP contribution in [0.25, 0.3) is 11.3 Å².